The molecule has 0 spiro atoms. The van der Waals surface area contributed by atoms with Gasteiger partial charge in [-0.2, -0.15) is 4.31 Å². The Morgan fingerprint density at radius 1 is 1.43 bits per heavy atom. The molecule has 1 fully saturated rings. The van der Waals surface area contributed by atoms with Gasteiger partial charge in [-0.25, -0.2) is 8.42 Å². The highest BCUT2D eigenvalue weighted by Crippen LogP contribution is 2.26. The predicted octanol–water partition coefficient (Wildman–Crippen LogP) is 2.05. The molecule has 2 heterocycles. The van der Waals surface area contributed by atoms with E-state index >= 15 is 0 Å². The van der Waals surface area contributed by atoms with Crippen molar-refractivity contribution in [2.75, 3.05) is 20.3 Å². The van der Waals surface area contributed by atoms with Crippen LogP contribution in [0.2, 0.25) is 0 Å². The van der Waals surface area contributed by atoms with E-state index in [4.69, 9.17) is 4.74 Å². The lowest BCUT2D eigenvalue weighted by molar-refractivity contribution is 0.0632. The van der Waals surface area contributed by atoms with Crippen LogP contribution in [-0.4, -0.2) is 45.1 Å². The molecule has 1 aliphatic rings. The first-order chi connectivity index (χ1) is 9.91. The van der Waals surface area contributed by atoms with Gasteiger partial charge in [0.25, 0.3) is 10.0 Å². The summed E-state index contributed by atoms with van der Waals surface area (Å²) >= 11 is 1.30. The maximum atomic E-state index is 12.7. The zero-order chi connectivity index (χ0) is 15.5. The van der Waals surface area contributed by atoms with Gasteiger partial charge in [-0.15, -0.1) is 11.3 Å². The van der Waals surface area contributed by atoms with Crippen molar-refractivity contribution < 1.29 is 13.2 Å². The van der Waals surface area contributed by atoms with E-state index in [1.54, 1.807) is 13.1 Å². The fraction of sp³-hybridized carbons (Fsp3) is 0.714. The second-order valence-electron chi connectivity index (χ2n) is 5.67. The quantitative estimate of drug-likeness (QED) is 0.866. The first-order valence-electron chi connectivity index (χ1n) is 7.28. The van der Waals surface area contributed by atoms with E-state index in [0.717, 1.165) is 18.4 Å². The molecule has 0 bridgehead atoms. The van der Waals surface area contributed by atoms with Gasteiger partial charge < -0.3 is 10.1 Å². The molecule has 7 heteroatoms. The molecule has 0 aromatic carbocycles. The highest BCUT2D eigenvalue weighted by molar-refractivity contribution is 7.91. The van der Waals surface area contributed by atoms with E-state index < -0.39 is 10.0 Å². The topological polar surface area (TPSA) is 58.6 Å². The Morgan fingerprint density at radius 2 is 2.10 bits per heavy atom. The molecule has 0 saturated carbocycles. The van der Waals surface area contributed by atoms with Crippen LogP contribution in [0.5, 0.6) is 0 Å². The van der Waals surface area contributed by atoms with Crippen molar-refractivity contribution in [3.8, 4) is 0 Å². The smallest absolute Gasteiger partial charge is 0.252 e. The minimum absolute atomic E-state index is 0.0445. The highest BCUT2D eigenvalue weighted by atomic mass is 32.2. The lowest BCUT2D eigenvalue weighted by atomic mass is 10.1. The van der Waals surface area contributed by atoms with Gasteiger partial charge in [-0.3, -0.25) is 0 Å². The van der Waals surface area contributed by atoms with Crippen molar-refractivity contribution >= 4 is 21.4 Å². The second kappa shape index (κ2) is 7.19. The van der Waals surface area contributed by atoms with Crippen LogP contribution in [-0.2, 0) is 21.3 Å². The summed E-state index contributed by atoms with van der Waals surface area (Å²) in [6.45, 7) is 6.12. The molecule has 0 aliphatic carbocycles. The molecule has 0 radical (unpaired) electrons. The third-order valence-corrected chi connectivity index (χ3v) is 7.06. The van der Waals surface area contributed by atoms with Crippen LogP contribution in [0.1, 0.15) is 32.3 Å². The van der Waals surface area contributed by atoms with E-state index in [0.29, 0.717) is 30.0 Å². The van der Waals surface area contributed by atoms with E-state index in [1.807, 2.05) is 5.38 Å². The van der Waals surface area contributed by atoms with Gasteiger partial charge in [0.2, 0.25) is 0 Å². The molecule has 21 heavy (non-hydrogen) atoms. The summed E-state index contributed by atoms with van der Waals surface area (Å²) in [5, 5.41) is 5.22. The van der Waals surface area contributed by atoms with Gasteiger partial charge >= 0.3 is 0 Å². The van der Waals surface area contributed by atoms with Gasteiger partial charge in [-0.05, 0) is 29.9 Å². The standard InChI is InChI=1S/C14H24N2O3S2/c1-11(2)15-9-12-8-14(20-10-12)21(17,18)16(3)13-4-6-19-7-5-13/h8,10-11,13,15H,4-7,9H2,1-3H3. The minimum atomic E-state index is -3.39. The van der Waals surface area contributed by atoms with Crippen molar-refractivity contribution in [1.29, 1.82) is 0 Å². The van der Waals surface area contributed by atoms with Crippen LogP contribution in [0.15, 0.2) is 15.7 Å². The monoisotopic (exact) mass is 332 g/mol. The predicted molar refractivity (Wildman–Crippen MR) is 85.1 cm³/mol. The summed E-state index contributed by atoms with van der Waals surface area (Å²) in [7, 11) is -1.71. The fourth-order valence-electron chi connectivity index (χ4n) is 2.29. The number of hydrogen-bond acceptors (Lipinski definition) is 5. The normalized spacial score (nSPS) is 17.8. The third kappa shape index (κ3) is 4.26. The zero-order valence-corrected chi connectivity index (χ0v) is 14.5. The molecular formula is C14H24N2O3S2. The molecule has 0 unspecified atom stereocenters. The molecule has 1 aromatic heterocycles. The summed E-state index contributed by atoms with van der Waals surface area (Å²) in [6, 6.07) is 2.21. The van der Waals surface area contributed by atoms with Gasteiger partial charge in [0.1, 0.15) is 4.21 Å². The van der Waals surface area contributed by atoms with E-state index in [1.165, 1.54) is 15.6 Å². The first kappa shape index (κ1) is 16.9. The molecule has 1 aromatic rings. The van der Waals surface area contributed by atoms with Gasteiger partial charge in [0, 0.05) is 38.9 Å². The fourth-order valence-corrected chi connectivity index (χ4v) is 5.10. The van der Waals surface area contributed by atoms with E-state index in [-0.39, 0.29) is 6.04 Å². The Hall–Kier alpha value is -0.470. The number of nitrogens with zero attached hydrogens (tertiary/aromatic N) is 1. The Labute approximate surface area is 131 Å². The molecule has 0 atom stereocenters. The first-order valence-corrected chi connectivity index (χ1v) is 9.60. The molecule has 1 saturated heterocycles. The molecular weight excluding hydrogens is 308 g/mol. The number of ether oxygens (including phenoxy) is 1. The number of hydrogen-bond donors (Lipinski definition) is 1. The summed E-state index contributed by atoms with van der Waals surface area (Å²) in [5.41, 5.74) is 1.02. The molecule has 1 aliphatic heterocycles. The third-order valence-electron chi connectivity index (χ3n) is 3.68. The minimum Gasteiger partial charge on any atom is -0.381 e. The Bertz CT molecular complexity index is 548. The van der Waals surface area contributed by atoms with Crippen molar-refractivity contribution in [2.24, 2.45) is 0 Å². The number of rotatable bonds is 6. The van der Waals surface area contributed by atoms with Crippen molar-refractivity contribution in [3.05, 3.63) is 17.0 Å². The van der Waals surface area contributed by atoms with Crippen LogP contribution < -0.4 is 5.32 Å². The molecule has 5 nitrogen and oxygen atoms in total. The number of nitrogens with one attached hydrogen (secondary N) is 1. The largest absolute Gasteiger partial charge is 0.381 e. The molecule has 2 rings (SSSR count). The maximum absolute atomic E-state index is 12.7. The highest BCUT2D eigenvalue weighted by Gasteiger charge is 2.30. The lowest BCUT2D eigenvalue weighted by Gasteiger charge is -2.29. The van der Waals surface area contributed by atoms with Crippen LogP contribution >= 0.6 is 11.3 Å². The Morgan fingerprint density at radius 3 is 2.71 bits per heavy atom. The van der Waals surface area contributed by atoms with Crippen molar-refractivity contribution in [2.45, 2.75) is 49.5 Å². The second-order valence-corrected chi connectivity index (χ2v) is 8.81. The van der Waals surface area contributed by atoms with Crippen molar-refractivity contribution in [3.63, 3.8) is 0 Å². The zero-order valence-electron chi connectivity index (χ0n) is 12.8. The van der Waals surface area contributed by atoms with Crippen LogP contribution in [0.4, 0.5) is 0 Å². The number of sulfonamides is 1. The van der Waals surface area contributed by atoms with E-state index in [2.05, 4.69) is 19.2 Å². The average Bonchev–Trinajstić information content (AvgIpc) is 2.95. The SMILES string of the molecule is CC(C)NCc1csc(S(=O)(=O)N(C)C2CCOCC2)c1. The van der Waals surface area contributed by atoms with Crippen LogP contribution in [0.25, 0.3) is 0 Å². The Kier molecular flexibility index (Phi) is 5.79. The molecule has 1 N–H and O–H groups in total. The van der Waals surface area contributed by atoms with Gasteiger partial charge in [-0.1, -0.05) is 13.8 Å². The van der Waals surface area contributed by atoms with Crippen LogP contribution in [0, 0.1) is 0 Å². The van der Waals surface area contributed by atoms with Gasteiger partial charge in [0.15, 0.2) is 0 Å². The molecule has 120 valence electrons. The lowest BCUT2D eigenvalue weighted by Crippen LogP contribution is -2.40. The summed E-state index contributed by atoms with van der Waals surface area (Å²) in [6.07, 6.45) is 1.53. The van der Waals surface area contributed by atoms with Crippen molar-refractivity contribution in [1.82, 2.24) is 9.62 Å². The summed E-state index contributed by atoms with van der Waals surface area (Å²) < 4.78 is 32.6. The summed E-state index contributed by atoms with van der Waals surface area (Å²) in [5.74, 6) is 0. The number of thiophene rings is 1. The molecule has 0 amide bonds. The summed E-state index contributed by atoms with van der Waals surface area (Å²) in [4.78, 5) is 0. The maximum Gasteiger partial charge on any atom is 0.252 e. The Balaban J connectivity index is 2.07. The van der Waals surface area contributed by atoms with Crippen LogP contribution in [0.3, 0.4) is 0 Å². The van der Waals surface area contributed by atoms with E-state index in [9.17, 15) is 8.42 Å². The average molecular weight is 332 g/mol. The van der Waals surface area contributed by atoms with Gasteiger partial charge in [0.05, 0.1) is 0 Å².